The van der Waals surface area contributed by atoms with Crippen molar-refractivity contribution in [2.24, 2.45) is 5.41 Å². The summed E-state index contributed by atoms with van der Waals surface area (Å²) in [7, 11) is 1.66. The lowest BCUT2D eigenvalue weighted by molar-refractivity contribution is -0.137. The third kappa shape index (κ3) is 13.6. The molecule has 114 valence electrons. The van der Waals surface area contributed by atoms with E-state index in [0.717, 1.165) is 39.0 Å². The molecule has 0 rings (SSSR count). The molecule has 2 N–H and O–H groups in total. The zero-order chi connectivity index (χ0) is 14.6. The van der Waals surface area contributed by atoms with Gasteiger partial charge in [-0.2, -0.15) is 0 Å². The first-order valence-corrected chi connectivity index (χ1v) is 6.97. The second-order valence-corrected chi connectivity index (χ2v) is 5.52. The smallest absolute Gasteiger partial charge is 0.303 e. The quantitative estimate of drug-likeness (QED) is 0.503. The molecule has 0 aromatic rings. The van der Waals surface area contributed by atoms with Crippen LogP contribution in [0, 0.1) is 5.41 Å². The van der Waals surface area contributed by atoms with Gasteiger partial charge in [0.25, 0.3) is 0 Å². The Kier molecular flexibility index (Phi) is 10.8. The molecule has 5 nitrogen and oxygen atoms in total. The Labute approximate surface area is 116 Å². The summed E-state index contributed by atoms with van der Waals surface area (Å²) in [5, 5.41) is 12.0. The zero-order valence-electron chi connectivity index (χ0n) is 12.5. The van der Waals surface area contributed by atoms with Gasteiger partial charge < -0.3 is 19.9 Å². The largest absolute Gasteiger partial charge is 0.481 e. The van der Waals surface area contributed by atoms with Crippen LogP contribution in [0.15, 0.2) is 0 Å². The summed E-state index contributed by atoms with van der Waals surface area (Å²) in [6, 6.07) is 0. The highest BCUT2D eigenvalue weighted by Crippen LogP contribution is 2.25. The predicted molar refractivity (Wildman–Crippen MR) is 75.4 cm³/mol. The molecule has 0 spiro atoms. The molecular formula is C14H29NO4. The lowest BCUT2D eigenvalue weighted by Crippen LogP contribution is -2.24. The average molecular weight is 275 g/mol. The minimum absolute atomic E-state index is 0.0837. The van der Waals surface area contributed by atoms with Gasteiger partial charge in [-0.3, -0.25) is 4.79 Å². The molecule has 19 heavy (non-hydrogen) atoms. The number of carboxylic acids is 1. The zero-order valence-corrected chi connectivity index (χ0v) is 12.5. The van der Waals surface area contributed by atoms with E-state index in [4.69, 9.17) is 14.6 Å². The summed E-state index contributed by atoms with van der Waals surface area (Å²) in [4.78, 5) is 10.5. The van der Waals surface area contributed by atoms with Gasteiger partial charge in [0.15, 0.2) is 0 Å². The van der Waals surface area contributed by atoms with Crippen LogP contribution in [0.1, 0.15) is 39.5 Å². The highest BCUT2D eigenvalue weighted by molar-refractivity contribution is 5.66. The minimum atomic E-state index is -0.714. The molecule has 0 aliphatic carbocycles. The predicted octanol–water partition coefficient (Wildman–Crippen LogP) is 1.91. The van der Waals surface area contributed by atoms with Gasteiger partial charge in [0.05, 0.1) is 13.2 Å². The number of hydrogen-bond acceptors (Lipinski definition) is 4. The fourth-order valence-electron chi connectivity index (χ4n) is 1.67. The van der Waals surface area contributed by atoms with Crippen molar-refractivity contribution in [1.29, 1.82) is 0 Å². The van der Waals surface area contributed by atoms with Gasteiger partial charge in [-0.05, 0) is 37.8 Å². The van der Waals surface area contributed by atoms with E-state index in [1.54, 1.807) is 7.11 Å². The van der Waals surface area contributed by atoms with Crippen LogP contribution in [-0.2, 0) is 14.3 Å². The van der Waals surface area contributed by atoms with Crippen LogP contribution in [0.4, 0.5) is 0 Å². The summed E-state index contributed by atoms with van der Waals surface area (Å²) in [6.07, 6.45) is 2.95. The maximum absolute atomic E-state index is 10.5. The lowest BCUT2D eigenvalue weighted by Gasteiger charge is -2.23. The van der Waals surface area contributed by atoms with E-state index in [2.05, 4.69) is 19.2 Å². The number of carboxylic acid groups (broad SMARTS) is 1. The molecule has 0 amide bonds. The number of rotatable bonds is 13. The Hall–Kier alpha value is -0.650. The van der Waals surface area contributed by atoms with E-state index >= 15 is 0 Å². The van der Waals surface area contributed by atoms with Gasteiger partial charge in [0, 0.05) is 20.1 Å². The lowest BCUT2D eigenvalue weighted by atomic mass is 9.84. The van der Waals surface area contributed by atoms with Crippen molar-refractivity contribution in [1.82, 2.24) is 5.32 Å². The number of aliphatic carboxylic acids is 1. The second-order valence-electron chi connectivity index (χ2n) is 5.52. The van der Waals surface area contributed by atoms with E-state index in [-0.39, 0.29) is 11.8 Å². The molecule has 0 aliphatic heterocycles. The van der Waals surface area contributed by atoms with Crippen molar-refractivity contribution in [2.75, 3.05) is 40.0 Å². The molecule has 0 atom stereocenters. The van der Waals surface area contributed by atoms with Crippen molar-refractivity contribution in [3.05, 3.63) is 0 Å². The summed E-state index contributed by atoms with van der Waals surface area (Å²) in [5.74, 6) is -0.714. The fraction of sp³-hybridized carbons (Fsp3) is 0.929. The number of ether oxygens (including phenoxy) is 2. The van der Waals surface area contributed by atoms with Gasteiger partial charge >= 0.3 is 5.97 Å². The SMILES string of the molecule is COCCOCCCNCCC(C)(C)CCC(=O)O. The van der Waals surface area contributed by atoms with Crippen molar-refractivity contribution in [2.45, 2.75) is 39.5 Å². The Bertz CT molecular complexity index is 231. The number of carbonyl (C=O) groups is 1. The molecule has 0 radical (unpaired) electrons. The first kappa shape index (κ1) is 18.4. The van der Waals surface area contributed by atoms with E-state index in [0.29, 0.717) is 13.2 Å². The Morgan fingerprint density at radius 1 is 1.16 bits per heavy atom. The Balaban J connectivity index is 3.35. The van der Waals surface area contributed by atoms with Crippen LogP contribution in [0.5, 0.6) is 0 Å². The number of hydrogen-bond donors (Lipinski definition) is 2. The van der Waals surface area contributed by atoms with Crippen molar-refractivity contribution in [3.63, 3.8) is 0 Å². The highest BCUT2D eigenvalue weighted by Gasteiger charge is 2.18. The maximum Gasteiger partial charge on any atom is 0.303 e. The summed E-state index contributed by atoms with van der Waals surface area (Å²) in [6.45, 7) is 8.13. The van der Waals surface area contributed by atoms with Crippen LogP contribution in [0.3, 0.4) is 0 Å². The monoisotopic (exact) mass is 275 g/mol. The number of nitrogens with one attached hydrogen (secondary N) is 1. The molecule has 0 heterocycles. The molecule has 0 unspecified atom stereocenters. The topological polar surface area (TPSA) is 67.8 Å². The van der Waals surface area contributed by atoms with Gasteiger partial charge in [0.1, 0.15) is 0 Å². The molecule has 0 saturated carbocycles. The number of methoxy groups -OCH3 is 1. The average Bonchev–Trinajstić information content (AvgIpc) is 2.34. The van der Waals surface area contributed by atoms with E-state index in [9.17, 15) is 4.79 Å². The minimum Gasteiger partial charge on any atom is -0.481 e. The van der Waals surface area contributed by atoms with Gasteiger partial charge in [-0.25, -0.2) is 0 Å². The van der Waals surface area contributed by atoms with Crippen LogP contribution >= 0.6 is 0 Å². The van der Waals surface area contributed by atoms with Gasteiger partial charge in [-0.1, -0.05) is 13.8 Å². The molecule has 0 fully saturated rings. The molecule has 5 heteroatoms. The molecule has 0 saturated heterocycles. The van der Waals surface area contributed by atoms with E-state index in [1.165, 1.54) is 0 Å². The second kappa shape index (κ2) is 11.2. The third-order valence-electron chi connectivity index (χ3n) is 3.07. The fourth-order valence-corrected chi connectivity index (χ4v) is 1.67. The molecule has 0 aliphatic rings. The summed E-state index contributed by atoms with van der Waals surface area (Å²) >= 11 is 0. The first-order chi connectivity index (χ1) is 8.98. The standard InChI is InChI=1S/C14H29NO4/c1-14(2,6-5-13(16)17)7-9-15-8-4-10-19-12-11-18-3/h15H,4-12H2,1-3H3,(H,16,17). The third-order valence-corrected chi connectivity index (χ3v) is 3.07. The van der Waals surface area contributed by atoms with Crippen LogP contribution in [-0.4, -0.2) is 51.1 Å². The van der Waals surface area contributed by atoms with Crippen molar-refractivity contribution < 1.29 is 19.4 Å². The van der Waals surface area contributed by atoms with Crippen LogP contribution in [0.25, 0.3) is 0 Å². The van der Waals surface area contributed by atoms with Crippen molar-refractivity contribution >= 4 is 5.97 Å². The summed E-state index contributed by atoms with van der Waals surface area (Å²) < 4.78 is 10.2. The first-order valence-electron chi connectivity index (χ1n) is 6.97. The van der Waals surface area contributed by atoms with Crippen LogP contribution < -0.4 is 5.32 Å². The van der Waals surface area contributed by atoms with E-state index in [1.807, 2.05) is 0 Å². The van der Waals surface area contributed by atoms with Crippen molar-refractivity contribution in [3.8, 4) is 0 Å². The van der Waals surface area contributed by atoms with Gasteiger partial charge in [-0.15, -0.1) is 0 Å². The Morgan fingerprint density at radius 3 is 2.53 bits per heavy atom. The Morgan fingerprint density at radius 2 is 1.89 bits per heavy atom. The van der Waals surface area contributed by atoms with Crippen LogP contribution in [0.2, 0.25) is 0 Å². The van der Waals surface area contributed by atoms with Gasteiger partial charge in [0.2, 0.25) is 0 Å². The molecular weight excluding hydrogens is 246 g/mol. The normalized spacial score (nSPS) is 11.7. The van der Waals surface area contributed by atoms with E-state index < -0.39 is 5.97 Å². The summed E-state index contributed by atoms with van der Waals surface area (Å²) in [5.41, 5.74) is 0.0837. The highest BCUT2D eigenvalue weighted by atomic mass is 16.5. The molecule has 0 aromatic carbocycles. The molecule has 0 aromatic heterocycles. The molecule has 0 bridgehead atoms. The maximum atomic E-state index is 10.5.